The molecule has 166 valence electrons. The predicted octanol–water partition coefficient (Wildman–Crippen LogP) is 3.39. The van der Waals surface area contributed by atoms with Crippen LogP contribution in [0.15, 0.2) is 64.9 Å². The highest BCUT2D eigenvalue weighted by atomic mass is 32.2. The lowest BCUT2D eigenvalue weighted by atomic mass is 10.2. The Morgan fingerprint density at radius 2 is 1.81 bits per heavy atom. The van der Waals surface area contributed by atoms with Crippen molar-refractivity contribution in [2.24, 2.45) is 0 Å². The molecule has 2 heterocycles. The molecule has 4 rings (SSSR count). The standard InChI is InChI=1S/C22H21N3O5S2/c26-20(24-22-23-19(15-31-22)16-7-2-1-3-8-16)14-30-21(27)17-9-6-10-18(13-17)32(28,29)25-11-4-5-12-25/h1-3,6-10,13,15H,4-5,11-12,14H2,(H,23,24,26). The first-order chi connectivity index (χ1) is 15.4. The summed E-state index contributed by atoms with van der Waals surface area (Å²) in [5, 5.41) is 4.82. The average Bonchev–Trinajstić information content (AvgIpc) is 3.51. The van der Waals surface area contributed by atoms with Gasteiger partial charge in [-0.15, -0.1) is 11.3 Å². The molecule has 1 fully saturated rings. The minimum atomic E-state index is -3.65. The van der Waals surface area contributed by atoms with Crippen molar-refractivity contribution in [1.29, 1.82) is 0 Å². The first kappa shape index (κ1) is 22.1. The fourth-order valence-corrected chi connectivity index (χ4v) is 5.60. The molecule has 2 aromatic carbocycles. The van der Waals surface area contributed by atoms with Crippen LogP contribution in [0.2, 0.25) is 0 Å². The molecule has 0 unspecified atom stereocenters. The van der Waals surface area contributed by atoms with Gasteiger partial charge in [-0.2, -0.15) is 4.31 Å². The Balaban J connectivity index is 1.35. The number of esters is 1. The number of rotatable bonds is 7. The third-order valence-corrected chi connectivity index (χ3v) is 7.58. The van der Waals surface area contributed by atoms with Crippen molar-refractivity contribution in [3.8, 4) is 11.3 Å². The highest BCUT2D eigenvalue weighted by molar-refractivity contribution is 7.89. The van der Waals surface area contributed by atoms with Gasteiger partial charge in [0.2, 0.25) is 10.0 Å². The average molecular weight is 472 g/mol. The fraction of sp³-hybridized carbons (Fsp3) is 0.227. The summed E-state index contributed by atoms with van der Waals surface area (Å²) in [7, 11) is -3.65. The molecule has 8 nitrogen and oxygen atoms in total. The summed E-state index contributed by atoms with van der Waals surface area (Å²) < 4.78 is 31.8. The summed E-state index contributed by atoms with van der Waals surface area (Å²) in [6.45, 7) is 0.433. The number of amides is 1. The van der Waals surface area contributed by atoms with E-state index < -0.39 is 28.5 Å². The molecule has 32 heavy (non-hydrogen) atoms. The van der Waals surface area contributed by atoms with Crippen molar-refractivity contribution in [2.45, 2.75) is 17.7 Å². The zero-order valence-corrected chi connectivity index (χ0v) is 18.7. The monoisotopic (exact) mass is 471 g/mol. The van der Waals surface area contributed by atoms with Crippen molar-refractivity contribution in [1.82, 2.24) is 9.29 Å². The molecule has 1 saturated heterocycles. The molecule has 0 aliphatic carbocycles. The van der Waals surface area contributed by atoms with Crippen molar-refractivity contribution in [3.63, 3.8) is 0 Å². The van der Waals surface area contributed by atoms with Crippen LogP contribution in [-0.4, -0.2) is 49.3 Å². The Kier molecular flexibility index (Phi) is 6.63. The number of nitrogens with one attached hydrogen (secondary N) is 1. The maximum atomic E-state index is 12.7. The number of anilines is 1. The van der Waals surface area contributed by atoms with E-state index in [4.69, 9.17) is 4.74 Å². The molecule has 1 N–H and O–H groups in total. The number of sulfonamides is 1. The molecule has 3 aromatic rings. The van der Waals surface area contributed by atoms with Crippen LogP contribution >= 0.6 is 11.3 Å². The van der Waals surface area contributed by atoms with Gasteiger partial charge in [-0.25, -0.2) is 18.2 Å². The molecule has 0 atom stereocenters. The van der Waals surface area contributed by atoms with Crippen LogP contribution < -0.4 is 5.32 Å². The normalized spacial score (nSPS) is 14.2. The van der Waals surface area contributed by atoms with E-state index in [2.05, 4.69) is 10.3 Å². The second-order valence-electron chi connectivity index (χ2n) is 7.17. The maximum Gasteiger partial charge on any atom is 0.338 e. The Hall–Kier alpha value is -3.08. The minimum Gasteiger partial charge on any atom is -0.452 e. The Labute approximate surface area is 189 Å². The number of carbonyl (C=O) groups excluding carboxylic acids is 2. The summed E-state index contributed by atoms with van der Waals surface area (Å²) in [4.78, 5) is 28.9. The smallest absolute Gasteiger partial charge is 0.338 e. The van der Waals surface area contributed by atoms with Crippen molar-refractivity contribution in [2.75, 3.05) is 25.0 Å². The van der Waals surface area contributed by atoms with Gasteiger partial charge in [-0.3, -0.25) is 10.1 Å². The number of hydrogen-bond donors (Lipinski definition) is 1. The second-order valence-corrected chi connectivity index (χ2v) is 9.96. The first-order valence-corrected chi connectivity index (χ1v) is 12.3. The molecule has 10 heteroatoms. The van der Waals surface area contributed by atoms with E-state index in [-0.39, 0.29) is 10.5 Å². The van der Waals surface area contributed by atoms with Gasteiger partial charge in [0.05, 0.1) is 16.2 Å². The number of hydrogen-bond acceptors (Lipinski definition) is 7. The van der Waals surface area contributed by atoms with E-state index in [1.54, 1.807) is 0 Å². The van der Waals surface area contributed by atoms with E-state index in [1.165, 1.54) is 39.9 Å². The summed E-state index contributed by atoms with van der Waals surface area (Å²) in [6, 6.07) is 15.2. The highest BCUT2D eigenvalue weighted by Crippen LogP contribution is 2.25. The molecule has 0 saturated carbocycles. The topological polar surface area (TPSA) is 106 Å². The number of benzene rings is 2. The van der Waals surface area contributed by atoms with Gasteiger partial charge in [0.15, 0.2) is 11.7 Å². The number of aromatic nitrogens is 1. The Morgan fingerprint density at radius 3 is 2.56 bits per heavy atom. The largest absolute Gasteiger partial charge is 0.452 e. The van der Waals surface area contributed by atoms with Crippen molar-refractivity contribution < 1.29 is 22.7 Å². The van der Waals surface area contributed by atoms with Gasteiger partial charge >= 0.3 is 5.97 Å². The molecule has 1 aliphatic heterocycles. The van der Waals surface area contributed by atoms with E-state index in [9.17, 15) is 18.0 Å². The van der Waals surface area contributed by atoms with Crippen LogP contribution in [0.4, 0.5) is 5.13 Å². The number of nitrogens with zero attached hydrogens (tertiary/aromatic N) is 2. The van der Waals surface area contributed by atoms with E-state index >= 15 is 0 Å². The molecule has 1 aliphatic rings. The molecule has 0 spiro atoms. The van der Waals surface area contributed by atoms with Gasteiger partial charge in [0, 0.05) is 24.0 Å². The van der Waals surface area contributed by atoms with E-state index in [0.29, 0.717) is 18.2 Å². The number of thiazole rings is 1. The van der Waals surface area contributed by atoms with Gasteiger partial charge in [-0.1, -0.05) is 36.4 Å². The predicted molar refractivity (Wildman–Crippen MR) is 121 cm³/mol. The third-order valence-electron chi connectivity index (χ3n) is 4.93. The fourth-order valence-electron chi connectivity index (χ4n) is 3.30. The Bertz CT molecular complexity index is 1220. The number of carbonyl (C=O) groups is 2. The summed E-state index contributed by atoms with van der Waals surface area (Å²) >= 11 is 1.27. The minimum absolute atomic E-state index is 0.0366. The molecule has 0 radical (unpaired) electrons. The highest BCUT2D eigenvalue weighted by Gasteiger charge is 2.27. The van der Waals surface area contributed by atoms with Crippen LogP contribution in [-0.2, 0) is 19.6 Å². The Morgan fingerprint density at radius 1 is 1.06 bits per heavy atom. The van der Waals surface area contributed by atoms with Crippen LogP contribution in [0, 0.1) is 0 Å². The first-order valence-electron chi connectivity index (χ1n) is 10.0. The van der Waals surface area contributed by atoms with Crippen LogP contribution in [0.1, 0.15) is 23.2 Å². The van der Waals surface area contributed by atoms with Crippen LogP contribution in [0.5, 0.6) is 0 Å². The lowest BCUT2D eigenvalue weighted by molar-refractivity contribution is -0.119. The molecule has 0 bridgehead atoms. The summed E-state index contributed by atoms with van der Waals surface area (Å²) in [6.07, 6.45) is 1.64. The van der Waals surface area contributed by atoms with Gasteiger partial charge < -0.3 is 4.74 Å². The zero-order chi connectivity index (χ0) is 22.6. The third kappa shape index (κ3) is 5.04. The van der Waals surface area contributed by atoms with Crippen LogP contribution in [0.25, 0.3) is 11.3 Å². The molecule has 1 aromatic heterocycles. The summed E-state index contributed by atoms with van der Waals surface area (Å²) in [5.41, 5.74) is 1.73. The second kappa shape index (κ2) is 9.60. The van der Waals surface area contributed by atoms with Gasteiger partial charge in [0.1, 0.15) is 0 Å². The van der Waals surface area contributed by atoms with Gasteiger partial charge in [0.25, 0.3) is 5.91 Å². The van der Waals surface area contributed by atoms with Gasteiger partial charge in [-0.05, 0) is 31.0 Å². The van der Waals surface area contributed by atoms with E-state index in [0.717, 1.165) is 24.1 Å². The van der Waals surface area contributed by atoms with Crippen LogP contribution in [0.3, 0.4) is 0 Å². The lowest BCUT2D eigenvalue weighted by Crippen LogP contribution is -2.28. The SMILES string of the molecule is O=C(COC(=O)c1cccc(S(=O)(=O)N2CCCC2)c1)Nc1nc(-c2ccccc2)cs1. The quantitative estimate of drug-likeness (QED) is 0.530. The van der Waals surface area contributed by atoms with Crippen molar-refractivity contribution in [3.05, 3.63) is 65.5 Å². The molecule has 1 amide bonds. The van der Waals surface area contributed by atoms with Crippen molar-refractivity contribution >= 4 is 38.4 Å². The zero-order valence-electron chi connectivity index (χ0n) is 17.1. The van der Waals surface area contributed by atoms with E-state index in [1.807, 2.05) is 35.7 Å². The number of ether oxygens (including phenoxy) is 1. The summed E-state index contributed by atoms with van der Waals surface area (Å²) in [5.74, 6) is -1.31. The lowest BCUT2D eigenvalue weighted by Gasteiger charge is -2.15. The molecular weight excluding hydrogens is 450 g/mol. The molecular formula is C22H21N3O5S2. The maximum absolute atomic E-state index is 12.7.